The average Bonchev–Trinajstić information content (AvgIpc) is 2.98. The molecule has 1 N–H and O–H groups in total. The highest BCUT2D eigenvalue weighted by atomic mass is 15.2. The third kappa shape index (κ3) is 3.63. The van der Waals surface area contributed by atoms with Gasteiger partial charge in [0, 0.05) is 25.7 Å². The van der Waals surface area contributed by atoms with Gasteiger partial charge in [0.1, 0.15) is 0 Å². The maximum atomic E-state index is 4.59. The summed E-state index contributed by atoms with van der Waals surface area (Å²) in [7, 11) is 2.01. The first kappa shape index (κ1) is 15.6. The Morgan fingerprint density at radius 1 is 1.35 bits per heavy atom. The van der Waals surface area contributed by atoms with Crippen LogP contribution in [0.3, 0.4) is 0 Å². The summed E-state index contributed by atoms with van der Waals surface area (Å²) in [6.45, 7) is 8.01. The van der Waals surface area contributed by atoms with Gasteiger partial charge >= 0.3 is 0 Å². The molecular weight excluding hydrogens is 246 g/mol. The fourth-order valence-corrected chi connectivity index (χ4v) is 4.12. The molecule has 20 heavy (non-hydrogen) atoms. The Balaban J connectivity index is 2.15. The van der Waals surface area contributed by atoms with Crippen molar-refractivity contribution < 1.29 is 0 Å². The van der Waals surface area contributed by atoms with E-state index in [-0.39, 0.29) is 0 Å². The molecule has 1 fully saturated rings. The molecule has 1 heterocycles. The maximum Gasteiger partial charge on any atom is 0.0640 e. The lowest BCUT2D eigenvalue weighted by molar-refractivity contribution is 0.154. The van der Waals surface area contributed by atoms with Crippen LogP contribution in [0.15, 0.2) is 12.3 Å². The van der Waals surface area contributed by atoms with Crippen LogP contribution in [0.4, 0.5) is 0 Å². The molecule has 0 aromatic carbocycles. The van der Waals surface area contributed by atoms with Crippen LogP contribution in [0.2, 0.25) is 0 Å². The molecular formula is C17H31N3. The van der Waals surface area contributed by atoms with Gasteiger partial charge in [-0.1, -0.05) is 33.6 Å². The molecule has 2 rings (SSSR count). The van der Waals surface area contributed by atoms with Gasteiger partial charge in [-0.25, -0.2) is 0 Å². The van der Waals surface area contributed by atoms with Crippen LogP contribution >= 0.6 is 0 Å². The first-order valence-electron chi connectivity index (χ1n) is 8.27. The lowest BCUT2D eigenvalue weighted by Gasteiger charge is -2.39. The van der Waals surface area contributed by atoms with Crippen LogP contribution in [0.1, 0.15) is 58.6 Å². The molecule has 3 heteroatoms. The second-order valence-corrected chi connectivity index (χ2v) is 6.96. The van der Waals surface area contributed by atoms with Crippen molar-refractivity contribution >= 4 is 0 Å². The smallest absolute Gasteiger partial charge is 0.0640 e. The van der Waals surface area contributed by atoms with Crippen molar-refractivity contribution in [3.05, 3.63) is 18.0 Å². The predicted molar refractivity (Wildman–Crippen MR) is 84.7 cm³/mol. The molecule has 0 aliphatic heterocycles. The van der Waals surface area contributed by atoms with E-state index >= 15 is 0 Å². The van der Waals surface area contributed by atoms with E-state index in [9.17, 15) is 0 Å². The van der Waals surface area contributed by atoms with Gasteiger partial charge in [-0.2, -0.15) is 5.10 Å². The molecule has 114 valence electrons. The van der Waals surface area contributed by atoms with E-state index in [2.05, 4.69) is 43.4 Å². The van der Waals surface area contributed by atoms with Crippen LogP contribution in [0.25, 0.3) is 0 Å². The van der Waals surface area contributed by atoms with Crippen molar-refractivity contribution in [2.24, 2.45) is 18.4 Å². The van der Waals surface area contributed by atoms with Gasteiger partial charge in [0.2, 0.25) is 0 Å². The average molecular weight is 277 g/mol. The summed E-state index contributed by atoms with van der Waals surface area (Å²) >= 11 is 0. The summed E-state index contributed by atoms with van der Waals surface area (Å²) in [5.41, 5.74) is 1.72. The Kier molecular flexibility index (Phi) is 5.25. The number of nitrogens with one attached hydrogen (secondary N) is 1. The number of likely N-dealkylation sites (N-methyl/N-ethyl adjacent to an activating group) is 1. The minimum atomic E-state index is 0.488. The maximum absolute atomic E-state index is 4.59. The van der Waals surface area contributed by atoms with Crippen molar-refractivity contribution in [2.75, 3.05) is 6.54 Å². The molecule has 0 amide bonds. The zero-order valence-corrected chi connectivity index (χ0v) is 13.7. The number of aryl methyl sites for hydroxylation is 1. The van der Waals surface area contributed by atoms with Gasteiger partial charge in [0.15, 0.2) is 0 Å². The van der Waals surface area contributed by atoms with Crippen LogP contribution in [0, 0.1) is 11.3 Å². The number of hydrogen-bond acceptors (Lipinski definition) is 2. The fraction of sp³-hybridized carbons (Fsp3) is 0.824. The lowest BCUT2D eigenvalue weighted by Crippen LogP contribution is -2.46. The van der Waals surface area contributed by atoms with E-state index in [0.29, 0.717) is 11.5 Å². The van der Waals surface area contributed by atoms with Crippen LogP contribution < -0.4 is 5.32 Å². The van der Waals surface area contributed by atoms with E-state index in [1.54, 1.807) is 0 Å². The van der Waals surface area contributed by atoms with Crippen molar-refractivity contribution in [1.29, 1.82) is 0 Å². The lowest BCUT2D eigenvalue weighted by atomic mass is 9.71. The molecule has 0 saturated heterocycles. The predicted octanol–water partition coefficient (Wildman–Crippen LogP) is 3.55. The van der Waals surface area contributed by atoms with E-state index in [4.69, 9.17) is 0 Å². The zero-order chi connectivity index (χ0) is 14.6. The van der Waals surface area contributed by atoms with Crippen molar-refractivity contribution in [3.8, 4) is 0 Å². The number of hydrogen-bond donors (Lipinski definition) is 1. The van der Waals surface area contributed by atoms with E-state index in [1.807, 2.05) is 11.7 Å². The molecule has 1 aliphatic rings. The first-order chi connectivity index (χ1) is 9.55. The molecule has 0 bridgehead atoms. The second kappa shape index (κ2) is 6.75. The van der Waals surface area contributed by atoms with Gasteiger partial charge in [0.05, 0.1) is 5.69 Å². The summed E-state index contributed by atoms with van der Waals surface area (Å²) in [5.74, 6) is 0.776. The summed E-state index contributed by atoms with van der Waals surface area (Å²) in [5, 5.41) is 8.37. The molecule has 1 unspecified atom stereocenters. The highest BCUT2D eigenvalue weighted by Crippen LogP contribution is 2.46. The summed E-state index contributed by atoms with van der Waals surface area (Å²) in [6, 6.07) is 2.75. The molecule has 0 spiro atoms. The second-order valence-electron chi connectivity index (χ2n) is 6.96. The molecule has 1 aliphatic carbocycles. The van der Waals surface area contributed by atoms with E-state index in [0.717, 1.165) is 18.9 Å². The van der Waals surface area contributed by atoms with Gasteiger partial charge < -0.3 is 5.32 Å². The Morgan fingerprint density at radius 3 is 2.55 bits per heavy atom. The molecule has 3 nitrogen and oxygen atoms in total. The largest absolute Gasteiger partial charge is 0.313 e. The van der Waals surface area contributed by atoms with Crippen molar-refractivity contribution in [2.45, 2.75) is 65.3 Å². The first-order valence-corrected chi connectivity index (χ1v) is 8.27. The van der Waals surface area contributed by atoms with Crippen molar-refractivity contribution in [3.63, 3.8) is 0 Å². The van der Waals surface area contributed by atoms with E-state index in [1.165, 1.54) is 37.8 Å². The monoisotopic (exact) mass is 277 g/mol. The minimum absolute atomic E-state index is 0.488. The number of nitrogens with zero attached hydrogens (tertiary/aromatic N) is 2. The standard InChI is InChI=1S/C17H31N3/c1-5-18-16(12-15-8-11-20(4)19-15)17(13-14(2)3)9-6-7-10-17/h8,11,14,16,18H,5-7,9-10,12-13H2,1-4H3. The minimum Gasteiger partial charge on any atom is -0.313 e. The molecule has 1 atom stereocenters. The summed E-state index contributed by atoms with van der Waals surface area (Å²) < 4.78 is 1.92. The highest BCUT2D eigenvalue weighted by Gasteiger charge is 2.41. The van der Waals surface area contributed by atoms with Gasteiger partial charge in [-0.15, -0.1) is 0 Å². The van der Waals surface area contributed by atoms with Crippen LogP contribution in [-0.2, 0) is 13.5 Å². The topological polar surface area (TPSA) is 29.9 Å². The highest BCUT2D eigenvalue weighted by molar-refractivity contribution is 5.06. The fourth-order valence-electron chi connectivity index (χ4n) is 4.12. The zero-order valence-electron chi connectivity index (χ0n) is 13.7. The summed E-state index contributed by atoms with van der Waals surface area (Å²) in [6.07, 6.45) is 10.0. The van der Waals surface area contributed by atoms with Crippen molar-refractivity contribution in [1.82, 2.24) is 15.1 Å². The molecule has 1 aromatic heterocycles. The summed E-state index contributed by atoms with van der Waals surface area (Å²) in [4.78, 5) is 0. The quantitative estimate of drug-likeness (QED) is 0.826. The third-order valence-electron chi connectivity index (χ3n) is 4.79. The van der Waals surface area contributed by atoms with E-state index < -0.39 is 0 Å². The molecule has 1 saturated carbocycles. The van der Waals surface area contributed by atoms with Gasteiger partial charge in [0.25, 0.3) is 0 Å². The van der Waals surface area contributed by atoms with Crippen LogP contribution in [-0.4, -0.2) is 22.4 Å². The van der Waals surface area contributed by atoms with Gasteiger partial charge in [-0.05, 0) is 43.2 Å². The molecule has 0 radical (unpaired) electrons. The Hall–Kier alpha value is -0.830. The molecule has 1 aromatic rings. The third-order valence-corrected chi connectivity index (χ3v) is 4.79. The normalized spacial score (nSPS) is 19.6. The van der Waals surface area contributed by atoms with Gasteiger partial charge in [-0.3, -0.25) is 4.68 Å². The Labute approximate surface area is 124 Å². The SMILES string of the molecule is CCNC(Cc1ccn(C)n1)C1(CC(C)C)CCCC1. The van der Waals surface area contributed by atoms with Crippen LogP contribution in [0.5, 0.6) is 0 Å². The number of rotatable bonds is 7. The Morgan fingerprint density at radius 2 is 2.05 bits per heavy atom. The number of aromatic nitrogens is 2. The Bertz CT molecular complexity index is 402.